The Morgan fingerprint density at radius 3 is 3.00 bits per heavy atom. The number of rotatable bonds is 4. The van der Waals surface area contributed by atoms with Gasteiger partial charge in [0, 0.05) is 18.7 Å². The van der Waals surface area contributed by atoms with Gasteiger partial charge in [-0.15, -0.1) is 0 Å². The van der Waals surface area contributed by atoms with Gasteiger partial charge in [0.15, 0.2) is 4.34 Å². The zero-order valence-corrected chi connectivity index (χ0v) is 11.4. The minimum atomic E-state index is 0.0259. The lowest BCUT2D eigenvalue weighted by atomic mass is 10.1. The highest BCUT2D eigenvalue weighted by Gasteiger charge is 2.07. The van der Waals surface area contributed by atoms with Crippen LogP contribution in [0, 0.1) is 0 Å². The summed E-state index contributed by atoms with van der Waals surface area (Å²) in [6, 6.07) is 3.97. The number of hydrogen-bond acceptors (Lipinski definition) is 6. The first kappa shape index (κ1) is 12.5. The maximum absolute atomic E-state index is 5.84. The fourth-order valence-corrected chi connectivity index (χ4v) is 2.93. The van der Waals surface area contributed by atoms with E-state index in [1.54, 1.807) is 6.20 Å². The van der Waals surface area contributed by atoms with Crippen molar-refractivity contribution in [3.63, 3.8) is 0 Å². The van der Waals surface area contributed by atoms with Gasteiger partial charge in [-0.2, -0.15) is 4.37 Å². The van der Waals surface area contributed by atoms with E-state index in [1.165, 1.54) is 23.3 Å². The molecule has 1 unspecified atom stereocenters. The second-order valence-corrected chi connectivity index (χ2v) is 5.67. The van der Waals surface area contributed by atoms with Crippen molar-refractivity contribution in [3.05, 3.63) is 29.7 Å². The van der Waals surface area contributed by atoms with Gasteiger partial charge < -0.3 is 5.73 Å². The van der Waals surface area contributed by atoms with Crippen molar-refractivity contribution in [2.45, 2.75) is 35.7 Å². The highest BCUT2D eigenvalue weighted by Crippen LogP contribution is 2.28. The topological polar surface area (TPSA) is 64.7 Å². The van der Waals surface area contributed by atoms with E-state index >= 15 is 0 Å². The lowest BCUT2D eigenvalue weighted by molar-refractivity contribution is 0.808. The zero-order valence-electron chi connectivity index (χ0n) is 9.75. The summed E-state index contributed by atoms with van der Waals surface area (Å²) in [5.41, 5.74) is 6.93. The average Bonchev–Trinajstić information content (AvgIpc) is 2.77. The van der Waals surface area contributed by atoms with Gasteiger partial charge in [0.1, 0.15) is 10.9 Å². The second kappa shape index (κ2) is 5.57. The Labute approximate surface area is 109 Å². The molecule has 1 atom stereocenters. The number of hydrogen-bond donors (Lipinski definition) is 1. The molecule has 2 aromatic rings. The predicted octanol–water partition coefficient (Wildman–Crippen LogP) is 2.67. The third-order valence-corrected chi connectivity index (χ3v) is 3.96. The van der Waals surface area contributed by atoms with E-state index in [-0.39, 0.29) is 6.04 Å². The molecule has 0 spiro atoms. The van der Waals surface area contributed by atoms with Crippen molar-refractivity contribution >= 4 is 23.3 Å². The molecule has 0 aliphatic heterocycles. The second-order valence-electron chi connectivity index (χ2n) is 3.65. The number of aryl methyl sites for hydroxylation is 1. The van der Waals surface area contributed by atoms with Crippen LogP contribution in [0.15, 0.2) is 27.7 Å². The molecule has 2 rings (SSSR count). The summed E-state index contributed by atoms with van der Waals surface area (Å²) < 4.78 is 5.17. The van der Waals surface area contributed by atoms with Gasteiger partial charge in [0.2, 0.25) is 0 Å². The molecule has 6 heteroatoms. The van der Waals surface area contributed by atoms with Crippen LogP contribution >= 0.6 is 23.3 Å². The standard InChI is InChI=1S/C11H14N4S2/c1-3-9-14-11(17-15-9)16-10-6-8(7(2)12)4-5-13-10/h4-7H,3,12H2,1-2H3. The maximum Gasteiger partial charge on any atom is 0.176 e. The predicted molar refractivity (Wildman–Crippen MR) is 70.2 cm³/mol. The van der Waals surface area contributed by atoms with Crippen LogP contribution in [0.5, 0.6) is 0 Å². The molecule has 0 aliphatic carbocycles. The van der Waals surface area contributed by atoms with E-state index in [0.29, 0.717) is 0 Å². The first-order chi connectivity index (χ1) is 8.19. The Morgan fingerprint density at radius 2 is 2.35 bits per heavy atom. The Balaban J connectivity index is 2.15. The molecule has 0 aromatic carbocycles. The van der Waals surface area contributed by atoms with E-state index in [4.69, 9.17) is 5.73 Å². The lowest BCUT2D eigenvalue weighted by Crippen LogP contribution is -2.04. The molecule has 0 saturated carbocycles. The molecule has 4 nitrogen and oxygen atoms in total. The SMILES string of the molecule is CCc1nsc(Sc2cc(C(C)N)ccn2)n1. The Bertz CT molecular complexity index is 496. The van der Waals surface area contributed by atoms with Gasteiger partial charge in [0.25, 0.3) is 0 Å². The number of nitrogens with zero attached hydrogens (tertiary/aromatic N) is 3. The van der Waals surface area contributed by atoms with Crippen LogP contribution in [0.4, 0.5) is 0 Å². The summed E-state index contributed by atoms with van der Waals surface area (Å²) in [5.74, 6) is 0.890. The summed E-state index contributed by atoms with van der Waals surface area (Å²) in [7, 11) is 0. The quantitative estimate of drug-likeness (QED) is 0.921. The van der Waals surface area contributed by atoms with Crippen LogP contribution in [-0.2, 0) is 6.42 Å². The molecule has 0 aliphatic rings. The Hall–Kier alpha value is -0.980. The van der Waals surface area contributed by atoms with Crippen LogP contribution in [-0.4, -0.2) is 14.3 Å². The summed E-state index contributed by atoms with van der Waals surface area (Å²) >= 11 is 2.95. The van der Waals surface area contributed by atoms with Crippen molar-refractivity contribution in [3.8, 4) is 0 Å². The van der Waals surface area contributed by atoms with Crippen molar-refractivity contribution in [2.24, 2.45) is 5.73 Å². The van der Waals surface area contributed by atoms with Crippen molar-refractivity contribution < 1.29 is 0 Å². The fraction of sp³-hybridized carbons (Fsp3) is 0.364. The molecule has 2 heterocycles. The van der Waals surface area contributed by atoms with Gasteiger partial charge in [-0.1, -0.05) is 6.92 Å². The third kappa shape index (κ3) is 3.24. The van der Waals surface area contributed by atoms with Crippen molar-refractivity contribution in [2.75, 3.05) is 0 Å². The molecule has 17 heavy (non-hydrogen) atoms. The van der Waals surface area contributed by atoms with Crippen LogP contribution < -0.4 is 5.73 Å². The minimum absolute atomic E-state index is 0.0259. The molecule has 0 amide bonds. The first-order valence-corrected chi connectivity index (χ1v) is 7.00. The van der Waals surface area contributed by atoms with Crippen LogP contribution in [0.1, 0.15) is 31.3 Å². The van der Waals surface area contributed by atoms with E-state index in [2.05, 4.69) is 14.3 Å². The molecule has 0 radical (unpaired) electrons. The van der Waals surface area contributed by atoms with Gasteiger partial charge in [-0.05, 0) is 47.9 Å². The van der Waals surface area contributed by atoms with E-state index < -0.39 is 0 Å². The Morgan fingerprint density at radius 1 is 1.53 bits per heavy atom. The van der Waals surface area contributed by atoms with Crippen LogP contribution in [0.25, 0.3) is 0 Å². The molecule has 90 valence electrons. The largest absolute Gasteiger partial charge is 0.324 e. The molecule has 2 N–H and O–H groups in total. The summed E-state index contributed by atoms with van der Waals surface area (Å²) in [4.78, 5) is 8.70. The summed E-state index contributed by atoms with van der Waals surface area (Å²) in [6.07, 6.45) is 2.65. The highest BCUT2D eigenvalue weighted by atomic mass is 32.2. The number of nitrogens with two attached hydrogens (primary N) is 1. The van der Waals surface area contributed by atoms with Crippen LogP contribution in [0.3, 0.4) is 0 Å². The number of aromatic nitrogens is 3. The van der Waals surface area contributed by atoms with E-state index in [1.807, 2.05) is 26.0 Å². The molecule has 0 fully saturated rings. The monoisotopic (exact) mass is 266 g/mol. The van der Waals surface area contributed by atoms with E-state index in [9.17, 15) is 0 Å². The summed E-state index contributed by atoms with van der Waals surface area (Å²) in [5, 5.41) is 0.915. The van der Waals surface area contributed by atoms with Crippen molar-refractivity contribution in [1.82, 2.24) is 14.3 Å². The molecule has 2 aromatic heterocycles. The van der Waals surface area contributed by atoms with Gasteiger partial charge in [-0.3, -0.25) is 0 Å². The molecular weight excluding hydrogens is 252 g/mol. The molecule has 0 bridgehead atoms. The fourth-order valence-electron chi connectivity index (χ4n) is 1.28. The first-order valence-electron chi connectivity index (χ1n) is 5.41. The smallest absolute Gasteiger partial charge is 0.176 e. The third-order valence-electron chi connectivity index (χ3n) is 2.24. The normalized spacial score (nSPS) is 12.6. The minimum Gasteiger partial charge on any atom is -0.324 e. The van der Waals surface area contributed by atoms with Crippen molar-refractivity contribution in [1.29, 1.82) is 0 Å². The molecular formula is C11H14N4S2. The average molecular weight is 266 g/mol. The van der Waals surface area contributed by atoms with Gasteiger partial charge in [0.05, 0.1) is 0 Å². The maximum atomic E-state index is 5.84. The highest BCUT2D eigenvalue weighted by molar-refractivity contribution is 8.00. The van der Waals surface area contributed by atoms with Gasteiger partial charge in [-0.25, -0.2) is 9.97 Å². The van der Waals surface area contributed by atoms with Crippen LogP contribution in [0.2, 0.25) is 0 Å². The Kier molecular flexibility index (Phi) is 4.09. The molecule has 0 saturated heterocycles. The zero-order chi connectivity index (χ0) is 12.3. The lowest BCUT2D eigenvalue weighted by Gasteiger charge is -2.05. The summed E-state index contributed by atoms with van der Waals surface area (Å²) in [6.45, 7) is 4.01. The van der Waals surface area contributed by atoms with E-state index in [0.717, 1.165) is 27.2 Å². The van der Waals surface area contributed by atoms with Gasteiger partial charge >= 0.3 is 0 Å². The number of pyridine rings is 1.